The van der Waals surface area contributed by atoms with Crippen molar-refractivity contribution in [2.75, 3.05) is 4.90 Å². The normalized spacial score (nSPS) is 11.4. The summed E-state index contributed by atoms with van der Waals surface area (Å²) in [5.41, 5.74) is 16.4. The van der Waals surface area contributed by atoms with Gasteiger partial charge in [-0.15, -0.1) is 0 Å². The molecule has 0 radical (unpaired) electrons. The van der Waals surface area contributed by atoms with Gasteiger partial charge in [0.15, 0.2) is 0 Å². The molecule has 300 valence electrons. The summed E-state index contributed by atoms with van der Waals surface area (Å²) in [5.74, 6) is 0. The molecule has 12 aromatic rings. The van der Waals surface area contributed by atoms with Crippen LogP contribution >= 0.6 is 0 Å². The molecular weight excluding hydrogens is 773 g/mol. The lowest BCUT2D eigenvalue weighted by atomic mass is 9.88. The fourth-order valence-corrected chi connectivity index (χ4v) is 9.81. The second-order valence-electron chi connectivity index (χ2n) is 16.5. The first-order chi connectivity index (χ1) is 31.8. The molecule has 2 nitrogen and oxygen atoms in total. The Morgan fingerprint density at radius 3 is 1.42 bits per heavy atom. The Balaban J connectivity index is 0.981. The van der Waals surface area contributed by atoms with Gasteiger partial charge in [-0.2, -0.15) is 0 Å². The molecule has 1 heterocycles. The minimum absolute atomic E-state index is 1.08. The highest BCUT2D eigenvalue weighted by Gasteiger charge is 2.21. The van der Waals surface area contributed by atoms with Crippen molar-refractivity contribution in [1.29, 1.82) is 0 Å². The Labute approximate surface area is 373 Å². The SMILES string of the molecule is c1ccc(-c2ccccc2-c2ccccc2-c2ccccc2N(c2ccc(-c3ccc(-n4c5ccccc5c5ccccc54)cc3)cc2)c2ccc3c(ccc4ccccc43)c2)cc1. The lowest BCUT2D eigenvalue weighted by Crippen LogP contribution is -2.11. The van der Waals surface area contributed by atoms with Gasteiger partial charge in [-0.05, 0) is 115 Å². The number of hydrogen-bond acceptors (Lipinski definition) is 1. The predicted octanol–water partition coefficient (Wildman–Crippen LogP) is 17.2. The van der Waals surface area contributed by atoms with Gasteiger partial charge in [0, 0.05) is 33.4 Å². The average Bonchev–Trinajstić information content (AvgIpc) is 3.71. The number of benzene rings is 11. The quantitative estimate of drug-likeness (QED) is 0.139. The Morgan fingerprint density at radius 2 is 0.734 bits per heavy atom. The van der Waals surface area contributed by atoms with E-state index >= 15 is 0 Å². The Morgan fingerprint density at radius 1 is 0.266 bits per heavy atom. The molecule has 0 unspecified atom stereocenters. The third-order valence-electron chi connectivity index (χ3n) is 12.8. The zero-order valence-electron chi connectivity index (χ0n) is 35.1. The van der Waals surface area contributed by atoms with Gasteiger partial charge in [-0.25, -0.2) is 0 Å². The molecular formula is C62H42N2. The number of para-hydroxylation sites is 3. The summed E-state index contributed by atoms with van der Waals surface area (Å²) in [7, 11) is 0. The zero-order chi connectivity index (χ0) is 42.4. The molecule has 0 aliphatic carbocycles. The van der Waals surface area contributed by atoms with Crippen LogP contribution in [0.1, 0.15) is 0 Å². The Hall–Kier alpha value is -8.46. The van der Waals surface area contributed by atoms with Gasteiger partial charge in [-0.1, -0.05) is 200 Å². The number of anilines is 3. The van der Waals surface area contributed by atoms with Crippen molar-refractivity contribution in [1.82, 2.24) is 4.57 Å². The monoisotopic (exact) mass is 814 g/mol. The van der Waals surface area contributed by atoms with Crippen LogP contribution in [0.25, 0.3) is 93.5 Å². The third kappa shape index (κ3) is 6.44. The van der Waals surface area contributed by atoms with E-state index in [1.165, 1.54) is 82.3 Å². The first-order valence-corrected chi connectivity index (χ1v) is 22.0. The summed E-state index contributed by atoms with van der Waals surface area (Å²) < 4.78 is 2.37. The Bertz CT molecular complexity index is 3600. The number of aromatic nitrogens is 1. The lowest BCUT2D eigenvalue weighted by molar-refractivity contribution is 1.18. The van der Waals surface area contributed by atoms with Gasteiger partial charge in [0.25, 0.3) is 0 Å². The van der Waals surface area contributed by atoms with Crippen molar-refractivity contribution in [2.45, 2.75) is 0 Å². The minimum Gasteiger partial charge on any atom is -0.310 e. The van der Waals surface area contributed by atoms with Gasteiger partial charge < -0.3 is 9.47 Å². The molecule has 0 amide bonds. The van der Waals surface area contributed by atoms with E-state index in [0.29, 0.717) is 0 Å². The molecule has 0 N–H and O–H groups in total. The maximum Gasteiger partial charge on any atom is 0.0541 e. The smallest absolute Gasteiger partial charge is 0.0541 e. The molecule has 0 saturated heterocycles. The fraction of sp³-hybridized carbons (Fsp3) is 0. The van der Waals surface area contributed by atoms with Crippen molar-refractivity contribution in [3.05, 3.63) is 255 Å². The lowest BCUT2D eigenvalue weighted by Gasteiger charge is -2.29. The van der Waals surface area contributed by atoms with Crippen molar-refractivity contribution in [3.63, 3.8) is 0 Å². The van der Waals surface area contributed by atoms with Gasteiger partial charge in [-0.3, -0.25) is 0 Å². The van der Waals surface area contributed by atoms with E-state index < -0.39 is 0 Å². The number of rotatable bonds is 8. The molecule has 0 aliphatic rings. The second-order valence-corrected chi connectivity index (χ2v) is 16.5. The van der Waals surface area contributed by atoms with Crippen LogP contribution in [0.5, 0.6) is 0 Å². The summed E-state index contributed by atoms with van der Waals surface area (Å²) in [6, 6.07) is 92.7. The van der Waals surface area contributed by atoms with Crippen LogP contribution in [0.2, 0.25) is 0 Å². The van der Waals surface area contributed by atoms with Crippen molar-refractivity contribution in [3.8, 4) is 50.2 Å². The van der Waals surface area contributed by atoms with E-state index in [-0.39, 0.29) is 0 Å². The van der Waals surface area contributed by atoms with Crippen LogP contribution in [0.15, 0.2) is 255 Å². The molecule has 1 aromatic heterocycles. The molecule has 0 saturated carbocycles. The summed E-state index contributed by atoms with van der Waals surface area (Å²) in [4.78, 5) is 2.43. The predicted molar refractivity (Wildman–Crippen MR) is 272 cm³/mol. The first kappa shape index (κ1) is 37.3. The molecule has 64 heavy (non-hydrogen) atoms. The summed E-state index contributed by atoms with van der Waals surface area (Å²) in [6.07, 6.45) is 0. The number of fused-ring (bicyclic) bond motifs is 6. The molecule has 0 spiro atoms. The summed E-state index contributed by atoms with van der Waals surface area (Å²) in [6.45, 7) is 0. The molecule has 12 rings (SSSR count). The van der Waals surface area contributed by atoms with Crippen molar-refractivity contribution < 1.29 is 0 Å². The van der Waals surface area contributed by atoms with Crippen molar-refractivity contribution in [2.24, 2.45) is 0 Å². The summed E-state index contributed by atoms with van der Waals surface area (Å²) >= 11 is 0. The van der Waals surface area contributed by atoms with E-state index in [2.05, 4.69) is 264 Å². The van der Waals surface area contributed by atoms with E-state index in [0.717, 1.165) is 28.3 Å². The van der Waals surface area contributed by atoms with Gasteiger partial charge in [0.1, 0.15) is 0 Å². The highest BCUT2D eigenvalue weighted by atomic mass is 15.1. The summed E-state index contributed by atoms with van der Waals surface area (Å²) in [5, 5.41) is 7.50. The maximum atomic E-state index is 2.43. The van der Waals surface area contributed by atoms with Crippen LogP contribution in [-0.2, 0) is 0 Å². The molecule has 0 aliphatic heterocycles. The van der Waals surface area contributed by atoms with E-state index in [1.807, 2.05) is 0 Å². The van der Waals surface area contributed by atoms with E-state index in [4.69, 9.17) is 0 Å². The molecule has 0 bridgehead atoms. The highest BCUT2D eigenvalue weighted by molar-refractivity contribution is 6.10. The molecule has 2 heteroatoms. The fourth-order valence-electron chi connectivity index (χ4n) is 9.81. The Kier molecular flexibility index (Phi) is 9.20. The average molecular weight is 815 g/mol. The standard InChI is InChI=1S/C62H42N2/c1-2-16-45(17-3-1)52-20-6-7-21-54(52)55-22-8-9-23-56(55)57-24-10-13-27-60(57)63(50-40-41-53-47(42-50)31-30-46-18-4-5-19-51(46)53)48-36-32-43(33-37-48)44-34-38-49(39-35-44)64-61-28-14-11-25-58(61)59-26-12-15-29-62(59)64/h1-42H. The van der Waals surface area contributed by atoms with Crippen LogP contribution in [-0.4, -0.2) is 4.57 Å². The van der Waals surface area contributed by atoms with Gasteiger partial charge in [0.2, 0.25) is 0 Å². The highest BCUT2D eigenvalue weighted by Crippen LogP contribution is 2.46. The zero-order valence-corrected chi connectivity index (χ0v) is 35.1. The third-order valence-corrected chi connectivity index (χ3v) is 12.8. The van der Waals surface area contributed by atoms with E-state index in [1.54, 1.807) is 0 Å². The van der Waals surface area contributed by atoms with Crippen LogP contribution < -0.4 is 4.90 Å². The number of nitrogens with zero attached hydrogens (tertiary/aromatic N) is 2. The first-order valence-electron chi connectivity index (χ1n) is 22.0. The van der Waals surface area contributed by atoms with E-state index in [9.17, 15) is 0 Å². The minimum atomic E-state index is 1.08. The maximum absolute atomic E-state index is 2.43. The van der Waals surface area contributed by atoms with Crippen LogP contribution in [0, 0.1) is 0 Å². The number of hydrogen-bond donors (Lipinski definition) is 0. The topological polar surface area (TPSA) is 8.17 Å². The van der Waals surface area contributed by atoms with Crippen LogP contribution in [0.3, 0.4) is 0 Å². The van der Waals surface area contributed by atoms with Crippen molar-refractivity contribution >= 4 is 60.4 Å². The second kappa shape index (κ2) is 15.8. The molecule has 0 atom stereocenters. The largest absolute Gasteiger partial charge is 0.310 e. The molecule has 11 aromatic carbocycles. The van der Waals surface area contributed by atoms with Gasteiger partial charge >= 0.3 is 0 Å². The molecule has 0 fully saturated rings. The van der Waals surface area contributed by atoms with Gasteiger partial charge in [0.05, 0.1) is 16.7 Å². The van der Waals surface area contributed by atoms with Crippen LogP contribution in [0.4, 0.5) is 17.1 Å².